The van der Waals surface area contributed by atoms with Crippen LogP contribution >= 0.6 is 34.5 Å². The minimum Gasteiger partial charge on any atom is -0.323 e. The Balaban J connectivity index is 1.93. The first-order chi connectivity index (χ1) is 10.1. The molecule has 0 bridgehead atoms. The molecule has 112 valence electrons. The summed E-state index contributed by atoms with van der Waals surface area (Å²) in [6.07, 6.45) is 1.46. The van der Waals surface area contributed by atoms with E-state index in [1.807, 2.05) is 11.4 Å². The van der Waals surface area contributed by atoms with Crippen LogP contribution in [0.15, 0.2) is 29.8 Å². The van der Waals surface area contributed by atoms with E-state index in [4.69, 9.17) is 23.2 Å². The summed E-state index contributed by atoms with van der Waals surface area (Å²) < 4.78 is 0. The molecule has 0 aliphatic heterocycles. The van der Waals surface area contributed by atoms with Crippen LogP contribution in [-0.4, -0.2) is 24.0 Å². The number of anilines is 1. The monoisotopic (exact) mass is 344 g/mol. The normalized spacial score (nSPS) is 12.1. The van der Waals surface area contributed by atoms with E-state index in [9.17, 15) is 4.79 Å². The Hall–Kier alpha value is -1.14. The van der Waals surface area contributed by atoms with Gasteiger partial charge in [-0.05, 0) is 24.4 Å². The SMILES string of the molecule is CC[NH+](CC(=O)Nc1ncc(Cl)cc1Cl)Cc1cccs1. The van der Waals surface area contributed by atoms with Crippen molar-refractivity contribution in [3.05, 3.63) is 44.7 Å². The summed E-state index contributed by atoms with van der Waals surface area (Å²) >= 11 is 13.5. The number of halogens is 2. The average molecular weight is 345 g/mol. The van der Waals surface area contributed by atoms with Crippen molar-refractivity contribution >= 4 is 46.3 Å². The molecule has 7 heteroatoms. The molecular formula is C14H16Cl2N3OS+. The zero-order valence-electron chi connectivity index (χ0n) is 11.5. The van der Waals surface area contributed by atoms with Gasteiger partial charge >= 0.3 is 0 Å². The fraction of sp³-hybridized carbons (Fsp3) is 0.286. The minimum atomic E-state index is -0.111. The molecule has 2 aromatic rings. The van der Waals surface area contributed by atoms with Gasteiger partial charge in [0.25, 0.3) is 5.91 Å². The van der Waals surface area contributed by atoms with Gasteiger partial charge in [-0.3, -0.25) is 4.79 Å². The van der Waals surface area contributed by atoms with E-state index >= 15 is 0 Å². The van der Waals surface area contributed by atoms with Crippen molar-refractivity contribution in [1.29, 1.82) is 0 Å². The standard InChI is InChI=1S/C14H15Cl2N3OS/c1-2-19(8-11-4-3-5-21-11)9-13(20)18-14-12(16)6-10(15)7-17-14/h3-7H,2,8-9H2,1H3,(H,17,18,20)/p+1. The fourth-order valence-electron chi connectivity index (χ4n) is 1.88. The van der Waals surface area contributed by atoms with Crippen LogP contribution < -0.4 is 10.2 Å². The van der Waals surface area contributed by atoms with E-state index < -0.39 is 0 Å². The number of hydrogen-bond donors (Lipinski definition) is 2. The van der Waals surface area contributed by atoms with Crippen LogP contribution in [-0.2, 0) is 11.3 Å². The third kappa shape index (κ3) is 4.97. The maximum atomic E-state index is 12.1. The first-order valence-electron chi connectivity index (χ1n) is 6.55. The number of nitrogens with one attached hydrogen (secondary N) is 2. The molecule has 4 nitrogen and oxygen atoms in total. The zero-order chi connectivity index (χ0) is 15.2. The Bertz CT molecular complexity index is 604. The number of carbonyl (C=O) groups excluding carboxylic acids is 1. The van der Waals surface area contributed by atoms with E-state index in [-0.39, 0.29) is 5.91 Å². The third-order valence-electron chi connectivity index (χ3n) is 2.98. The van der Waals surface area contributed by atoms with Gasteiger partial charge in [0.2, 0.25) is 0 Å². The first kappa shape index (κ1) is 16.2. The average Bonchev–Trinajstić information content (AvgIpc) is 2.94. The van der Waals surface area contributed by atoms with Crippen molar-refractivity contribution in [2.45, 2.75) is 13.5 Å². The zero-order valence-corrected chi connectivity index (χ0v) is 13.9. The molecule has 0 aliphatic rings. The molecule has 0 saturated carbocycles. The number of carbonyl (C=O) groups is 1. The first-order valence-corrected chi connectivity index (χ1v) is 8.19. The van der Waals surface area contributed by atoms with E-state index in [1.165, 1.54) is 16.0 Å². The number of nitrogens with zero attached hydrogens (tertiary/aromatic N) is 1. The number of rotatable bonds is 6. The highest BCUT2D eigenvalue weighted by molar-refractivity contribution is 7.09. The maximum Gasteiger partial charge on any atom is 0.280 e. The van der Waals surface area contributed by atoms with Gasteiger partial charge in [0.15, 0.2) is 12.4 Å². The second-order valence-electron chi connectivity index (χ2n) is 4.57. The molecule has 0 saturated heterocycles. The minimum absolute atomic E-state index is 0.111. The molecule has 0 aromatic carbocycles. The van der Waals surface area contributed by atoms with E-state index in [2.05, 4.69) is 23.3 Å². The number of likely N-dealkylation sites (N-methyl/N-ethyl adjacent to an activating group) is 1. The second-order valence-corrected chi connectivity index (χ2v) is 6.44. The lowest BCUT2D eigenvalue weighted by atomic mass is 10.4. The van der Waals surface area contributed by atoms with Gasteiger partial charge in [0.1, 0.15) is 6.54 Å². The van der Waals surface area contributed by atoms with Crippen LogP contribution in [0, 0.1) is 0 Å². The molecular weight excluding hydrogens is 329 g/mol. The van der Waals surface area contributed by atoms with E-state index in [0.717, 1.165) is 13.1 Å². The van der Waals surface area contributed by atoms with Crippen molar-refractivity contribution in [3.63, 3.8) is 0 Å². The maximum absolute atomic E-state index is 12.1. The summed E-state index contributed by atoms with van der Waals surface area (Å²) in [5.74, 6) is 0.234. The topological polar surface area (TPSA) is 46.4 Å². The van der Waals surface area contributed by atoms with Gasteiger partial charge in [-0.25, -0.2) is 4.98 Å². The molecule has 2 N–H and O–H groups in total. The van der Waals surface area contributed by atoms with Gasteiger partial charge in [-0.15, -0.1) is 11.3 Å². The van der Waals surface area contributed by atoms with Crippen molar-refractivity contribution in [2.75, 3.05) is 18.4 Å². The molecule has 0 spiro atoms. The molecule has 0 radical (unpaired) electrons. The quantitative estimate of drug-likeness (QED) is 0.845. The van der Waals surface area contributed by atoms with Crippen molar-refractivity contribution in [2.24, 2.45) is 0 Å². The Labute approximate surface area is 137 Å². The van der Waals surface area contributed by atoms with Crippen molar-refractivity contribution < 1.29 is 9.69 Å². The van der Waals surface area contributed by atoms with E-state index in [0.29, 0.717) is 22.4 Å². The van der Waals surface area contributed by atoms with Crippen LogP contribution in [0.5, 0.6) is 0 Å². The summed E-state index contributed by atoms with van der Waals surface area (Å²) in [6.45, 7) is 4.13. The number of quaternary nitrogens is 1. The molecule has 0 fully saturated rings. The molecule has 2 heterocycles. The number of hydrogen-bond acceptors (Lipinski definition) is 3. The third-order valence-corrected chi connectivity index (χ3v) is 4.35. The van der Waals surface area contributed by atoms with Crippen molar-refractivity contribution in [1.82, 2.24) is 4.98 Å². The Morgan fingerprint density at radius 2 is 2.29 bits per heavy atom. The van der Waals surface area contributed by atoms with E-state index in [1.54, 1.807) is 17.4 Å². The molecule has 1 atom stereocenters. The summed E-state index contributed by atoms with van der Waals surface area (Å²) in [5.41, 5.74) is 0. The highest BCUT2D eigenvalue weighted by Gasteiger charge is 2.15. The molecule has 1 amide bonds. The molecule has 2 aromatic heterocycles. The Kier molecular flexibility index (Phi) is 5.99. The van der Waals surface area contributed by atoms with Crippen LogP contribution in [0.1, 0.15) is 11.8 Å². The number of amides is 1. The summed E-state index contributed by atoms with van der Waals surface area (Å²) in [4.78, 5) is 18.6. The molecule has 21 heavy (non-hydrogen) atoms. The highest BCUT2D eigenvalue weighted by atomic mass is 35.5. The summed E-state index contributed by atoms with van der Waals surface area (Å²) in [7, 11) is 0. The molecule has 0 aliphatic carbocycles. The lowest BCUT2D eigenvalue weighted by molar-refractivity contribution is -0.903. The Morgan fingerprint density at radius 1 is 1.48 bits per heavy atom. The number of pyridine rings is 1. The summed E-state index contributed by atoms with van der Waals surface area (Å²) in [5, 5.41) is 5.55. The number of thiophene rings is 1. The number of aromatic nitrogens is 1. The van der Waals surface area contributed by atoms with Gasteiger partial charge < -0.3 is 10.2 Å². The van der Waals surface area contributed by atoms with Crippen LogP contribution in [0.2, 0.25) is 10.0 Å². The lowest BCUT2D eigenvalue weighted by Crippen LogP contribution is -3.11. The second kappa shape index (κ2) is 7.75. The lowest BCUT2D eigenvalue weighted by Gasteiger charge is -2.16. The predicted octanol–water partition coefficient (Wildman–Crippen LogP) is 2.49. The van der Waals surface area contributed by atoms with Crippen LogP contribution in [0.3, 0.4) is 0 Å². The van der Waals surface area contributed by atoms with Gasteiger partial charge in [-0.2, -0.15) is 0 Å². The summed E-state index contributed by atoms with van der Waals surface area (Å²) in [6, 6.07) is 5.66. The van der Waals surface area contributed by atoms with Crippen molar-refractivity contribution in [3.8, 4) is 0 Å². The van der Waals surface area contributed by atoms with Gasteiger partial charge in [0, 0.05) is 6.20 Å². The predicted molar refractivity (Wildman–Crippen MR) is 87.3 cm³/mol. The fourth-order valence-corrected chi connectivity index (χ4v) is 3.09. The van der Waals surface area contributed by atoms with Crippen LogP contribution in [0.25, 0.3) is 0 Å². The Morgan fingerprint density at radius 3 is 2.90 bits per heavy atom. The van der Waals surface area contributed by atoms with Crippen LogP contribution in [0.4, 0.5) is 5.82 Å². The highest BCUT2D eigenvalue weighted by Crippen LogP contribution is 2.22. The smallest absolute Gasteiger partial charge is 0.280 e. The van der Waals surface area contributed by atoms with Gasteiger partial charge in [-0.1, -0.05) is 29.3 Å². The largest absolute Gasteiger partial charge is 0.323 e. The van der Waals surface area contributed by atoms with Gasteiger partial charge in [0.05, 0.1) is 21.5 Å². The molecule has 1 unspecified atom stereocenters. The molecule has 2 rings (SSSR count).